The van der Waals surface area contributed by atoms with Crippen molar-refractivity contribution in [2.75, 3.05) is 19.0 Å². The summed E-state index contributed by atoms with van der Waals surface area (Å²) >= 11 is 0. The normalized spacial score (nSPS) is 11.9. The molecule has 1 atom stereocenters. The van der Waals surface area contributed by atoms with Crippen molar-refractivity contribution in [3.63, 3.8) is 0 Å². The number of hydrogen-bond acceptors (Lipinski definition) is 3. The van der Waals surface area contributed by atoms with Crippen LogP contribution in [0.5, 0.6) is 0 Å². The molecule has 0 heterocycles. The van der Waals surface area contributed by atoms with Crippen molar-refractivity contribution in [2.45, 2.75) is 12.8 Å². The third-order valence-electron chi connectivity index (χ3n) is 2.27. The highest BCUT2D eigenvalue weighted by atomic mass is 16.3. The van der Waals surface area contributed by atoms with Crippen LogP contribution in [0.3, 0.4) is 0 Å². The van der Waals surface area contributed by atoms with E-state index in [9.17, 15) is 0 Å². The SMILES string of the molecule is CNc1ccc(C(C)CO)c(C#N)c1. The standard InChI is InChI=1S/C11H14N2O/c1-8(7-14)11-4-3-10(13-2)5-9(11)6-12/h3-5,8,13-14H,7H2,1-2H3. The number of nitrogens with one attached hydrogen (secondary N) is 1. The molecule has 0 aliphatic rings. The molecule has 0 aliphatic heterocycles. The zero-order chi connectivity index (χ0) is 10.6. The molecule has 0 radical (unpaired) electrons. The van der Waals surface area contributed by atoms with E-state index in [0.717, 1.165) is 11.3 Å². The molecule has 2 N–H and O–H groups in total. The molecule has 0 saturated carbocycles. The fraction of sp³-hybridized carbons (Fsp3) is 0.364. The van der Waals surface area contributed by atoms with Crippen molar-refractivity contribution in [1.29, 1.82) is 5.26 Å². The fourth-order valence-electron chi connectivity index (χ4n) is 1.34. The Labute approximate surface area is 84.0 Å². The lowest BCUT2D eigenvalue weighted by Gasteiger charge is -2.11. The van der Waals surface area contributed by atoms with Gasteiger partial charge in [-0.3, -0.25) is 0 Å². The van der Waals surface area contributed by atoms with Crippen molar-refractivity contribution in [3.8, 4) is 6.07 Å². The van der Waals surface area contributed by atoms with Gasteiger partial charge < -0.3 is 10.4 Å². The predicted molar refractivity (Wildman–Crippen MR) is 56.2 cm³/mol. The van der Waals surface area contributed by atoms with Gasteiger partial charge in [0, 0.05) is 25.3 Å². The van der Waals surface area contributed by atoms with Crippen LogP contribution in [-0.4, -0.2) is 18.8 Å². The maximum Gasteiger partial charge on any atom is 0.0995 e. The maximum absolute atomic E-state index is 9.01. The van der Waals surface area contributed by atoms with E-state index < -0.39 is 0 Å². The predicted octanol–water partition coefficient (Wildman–Crippen LogP) is 1.70. The van der Waals surface area contributed by atoms with E-state index in [4.69, 9.17) is 10.4 Å². The molecule has 1 aromatic rings. The molecule has 3 heteroatoms. The first-order valence-corrected chi connectivity index (χ1v) is 4.55. The number of rotatable bonds is 3. The quantitative estimate of drug-likeness (QED) is 0.762. The van der Waals surface area contributed by atoms with Gasteiger partial charge in [-0.1, -0.05) is 13.0 Å². The lowest BCUT2D eigenvalue weighted by atomic mass is 9.96. The summed E-state index contributed by atoms with van der Waals surface area (Å²) in [6, 6.07) is 7.71. The van der Waals surface area contributed by atoms with E-state index >= 15 is 0 Å². The average Bonchev–Trinajstić information content (AvgIpc) is 2.27. The first-order valence-electron chi connectivity index (χ1n) is 4.55. The monoisotopic (exact) mass is 190 g/mol. The first kappa shape index (κ1) is 10.6. The highest BCUT2D eigenvalue weighted by Crippen LogP contribution is 2.22. The zero-order valence-corrected chi connectivity index (χ0v) is 8.41. The highest BCUT2D eigenvalue weighted by Gasteiger charge is 2.09. The van der Waals surface area contributed by atoms with E-state index in [1.807, 2.05) is 26.1 Å². The van der Waals surface area contributed by atoms with Gasteiger partial charge in [0.1, 0.15) is 0 Å². The van der Waals surface area contributed by atoms with Crippen LogP contribution in [0.4, 0.5) is 5.69 Å². The molecule has 0 saturated heterocycles. The van der Waals surface area contributed by atoms with Crippen LogP contribution in [0.15, 0.2) is 18.2 Å². The molecule has 1 aromatic carbocycles. The summed E-state index contributed by atoms with van der Waals surface area (Å²) < 4.78 is 0. The van der Waals surface area contributed by atoms with Crippen LogP contribution in [0.1, 0.15) is 24.0 Å². The molecule has 14 heavy (non-hydrogen) atoms. The smallest absolute Gasteiger partial charge is 0.0995 e. The van der Waals surface area contributed by atoms with E-state index in [2.05, 4.69) is 11.4 Å². The van der Waals surface area contributed by atoms with Gasteiger partial charge in [-0.05, 0) is 17.7 Å². The molecule has 0 fully saturated rings. The van der Waals surface area contributed by atoms with Crippen molar-refractivity contribution < 1.29 is 5.11 Å². The Bertz CT molecular complexity index is 355. The van der Waals surface area contributed by atoms with Crippen LogP contribution >= 0.6 is 0 Å². The van der Waals surface area contributed by atoms with Crippen molar-refractivity contribution >= 4 is 5.69 Å². The lowest BCUT2D eigenvalue weighted by molar-refractivity contribution is 0.273. The molecule has 0 amide bonds. The number of nitrogens with zero attached hydrogens (tertiary/aromatic N) is 1. The average molecular weight is 190 g/mol. The lowest BCUT2D eigenvalue weighted by Crippen LogP contribution is -2.02. The van der Waals surface area contributed by atoms with Crippen molar-refractivity contribution in [3.05, 3.63) is 29.3 Å². The molecular formula is C11H14N2O. The summed E-state index contributed by atoms with van der Waals surface area (Å²) in [7, 11) is 1.81. The second-order valence-electron chi connectivity index (χ2n) is 3.25. The summed E-state index contributed by atoms with van der Waals surface area (Å²) in [5.74, 6) is 0.00977. The first-order chi connectivity index (χ1) is 6.72. The molecule has 1 unspecified atom stereocenters. The Kier molecular flexibility index (Phi) is 3.49. The Hall–Kier alpha value is -1.53. The summed E-state index contributed by atoms with van der Waals surface area (Å²) in [5, 5.41) is 20.9. The van der Waals surface area contributed by atoms with Gasteiger partial charge in [-0.25, -0.2) is 0 Å². The number of aliphatic hydroxyl groups excluding tert-OH is 1. The number of benzene rings is 1. The van der Waals surface area contributed by atoms with Gasteiger partial charge >= 0.3 is 0 Å². The van der Waals surface area contributed by atoms with Gasteiger partial charge in [0.15, 0.2) is 0 Å². The minimum absolute atomic E-state index is 0.00977. The second kappa shape index (κ2) is 4.64. The minimum Gasteiger partial charge on any atom is -0.396 e. The van der Waals surface area contributed by atoms with Crippen molar-refractivity contribution in [1.82, 2.24) is 0 Å². The van der Waals surface area contributed by atoms with E-state index in [1.165, 1.54) is 0 Å². The molecule has 74 valence electrons. The Morgan fingerprint density at radius 3 is 2.79 bits per heavy atom. The summed E-state index contributed by atoms with van der Waals surface area (Å²) in [4.78, 5) is 0. The van der Waals surface area contributed by atoms with Gasteiger partial charge in [0.2, 0.25) is 0 Å². The van der Waals surface area contributed by atoms with Gasteiger partial charge in [-0.15, -0.1) is 0 Å². The largest absolute Gasteiger partial charge is 0.396 e. The zero-order valence-electron chi connectivity index (χ0n) is 8.41. The number of anilines is 1. The second-order valence-corrected chi connectivity index (χ2v) is 3.25. The summed E-state index contributed by atoms with van der Waals surface area (Å²) in [6.45, 7) is 1.96. The minimum atomic E-state index is 0.00977. The van der Waals surface area contributed by atoms with Crippen molar-refractivity contribution in [2.24, 2.45) is 0 Å². The molecule has 1 rings (SSSR count). The number of hydrogen-bond donors (Lipinski definition) is 2. The molecule has 0 spiro atoms. The third kappa shape index (κ3) is 2.04. The van der Waals surface area contributed by atoms with Crippen LogP contribution in [0.25, 0.3) is 0 Å². The Balaban J connectivity index is 3.13. The van der Waals surface area contributed by atoms with E-state index in [-0.39, 0.29) is 12.5 Å². The molecular weight excluding hydrogens is 176 g/mol. The van der Waals surface area contributed by atoms with Crippen LogP contribution in [0.2, 0.25) is 0 Å². The number of aliphatic hydroxyl groups is 1. The van der Waals surface area contributed by atoms with Crippen LogP contribution in [-0.2, 0) is 0 Å². The van der Waals surface area contributed by atoms with Crippen LogP contribution < -0.4 is 5.32 Å². The van der Waals surface area contributed by atoms with Gasteiger partial charge in [-0.2, -0.15) is 5.26 Å². The topological polar surface area (TPSA) is 56.0 Å². The Morgan fingerprint density at radius 1 is 1.57 bits per heavy atom. The molecule has 3 nitrogen and oxygen atoms in total. The van der Waals surface area contributed by atoms with Crippen LogP contribution in [0, 0.1) is 11.3 Å². The molecule has 0 bridgehead atoms. The van der Waals surface area contributed by atoms with E-state index in [1.54, 1.807) is 6.07 Å². The molecule has 0 aromatic heterocycles. The number of nitriles is 1. The maximum atomic E-state index is 9.01. The third-order valence-corrected chi connectivity index (χ3v) is 2.27. The van der Waals surface area contributed by atoms with Gasteiger partial charge in [0.25, 0.3) is 0 Å². The summed E-state index contributed by atoms with van der Waals surface area (Å²) in [6.07, 6.45) is 0. The fourth-order valence-corrected chi connectivity index (χ4v) is 1.34. The Morgan fingerprint density at radius 2 is 2.29 bits per heavy atom. The van der Waals surface area contributed by atoms with E-state index in [0.29, 0.717) is 5.56 Å². The van der Waals surface area contributed by atoms with Gasteiger partial charge in [0.05, 0.1) is 11.6 Å². The molecule has 0 aliphatic carbocycles. The highest BCUT2D eigenvalue weighted by molar-refractivity contribution is 5.53. The summed E-state index contributed by atoms with van der Waals surface area (Å²) in [5.41, 5.74) is 2.43.